The number of anilines is 1. The molecule has 0 bridgehead atoms. The number of halogens is 1. The predicted molar refractivity (Wildman–Crippen MR) is 77.2 cm³/mol. The average molecular weight is 336 g/mol. The van der Waals surface area contributed by atoms with E-state index in [9.17, 15) is 13.5 Å². The molecule has 3 N–H and O–H groups in total. The first kappa shape index (κ1) is 15.5. The maximum absolute atomic E-state index is 12.1. The van der Waals surface area contributed by atoms with Gasteiger partial charge in [0.25, 0.3) is 0 Å². The van der Waals surface area contributed by atoms with Gasteiger partial charge in [-0.2, -0.15) is 0 Å². The molecule has 0 saturated carbocycles. The monoisotopic (exact) mass is 335 g/mol. The highest BCUT2D eigenvalue weighted by Crippen LogP contribution is 2.42. The van der Waals surface area contributed by atoms with Gasteiger partial charge in [-0.05, 0) is 24.1 Å². The first-order chi connectivity index (χ1) is 8.28. The molecule has 0 radical (unpaired) electrons. The van der Waals surface area contributed by atoms with Gasteiger partial charge < -0.3 is 10.8 Å². The smallest absolute Gasteiger partial charge is 0.168 e. The molecule has 0 aliphatic carbocycles. The number of hydrogen-bond acceptors (Lipinski definition) is 4. The maximum atomic E-state index is 12.1. The summed E-state index contributed by atoms with van der Waals surface area (Å²) in [6.07, 6.45) is -0.893. The van der Waals surface area contributed by atoms with E-state index in [0.29, 0.717) is 11.3 Å². The lowest BCUT2D eigenvalue weighted by molar-refractivity contribution is 0.160. The van der Waals surface area contributed by atoms with Gasteiger partial charge in [0.15, 0.2) is 13.5 Å². The van der Waals surface area contributed by atoms with Gasteiger partial charge in [-0.1, -0.05) is 41.9 Å². The van der Waals surface area contributed by atoms with Gasteiger partial charge in [-0.25, -0.2) is 8.42 Å². The first-order valence-electron chi connectivity index (χ1n) is 5.73. The van der Waals surface area contributed by atoms with Gasteiger partial charge in [0.1, 0.15) is 6.10 Å². The van der Waals surface area contributed by atoms with Crippen molar-refractivity contribution in [3.63, 3.8) is 0 Å². The number of sulfone groups is 1. The summed E-state index contributed by atoms with van der Waals surface area (Å²) in [7, 11) is -3.44. The molecule has 0 spiro atoms. The van der Waals surface area contributed by atoms with Gasteiger partial charge >= 0.3 is 0 Å². The van der Waals surface area contributed by atoms with Crippen molar-refractivity contribution in [3.05, 3.63) is 29.8 Å². The summed E-state index contributed by atoms with van der Waals surface area (Å²) in [5.41, 5.74) is 6.63. The maximum Gasteiger partial charge on any atom is 0.168 e. The third-order valence-corrected chi connectivity index (χ3v) is 7.79. The minimum Gasteiger partial charge on any atom is -0.399 e. The Bertz CT molecular complexity index is 518. The van der Waals surface area contributed by atoms with E-state index in [4.69, 9.17) is 5.73 Å². The van der Waals surface area contributed by atoms with Gasteiger partial charge in [0.05, 0.1) is 0 Å². The zero-order chi connectivity index (χ0) is 14.0. The zero-order valence-electron chi connectivity index (χ0n) is 10.4. The van der Waals surface area contributed by atoms with E-state index < -0.39 is 19.6 Å². The van der Waals surface area contributed by atoms with Gasteiger partial charge in [-0.3, -0.25) is 0 Å². The summed E-state index contributed by atoms with van der Waals surface area (Å²) in [5, 5.41) is 10.3. The molecule has 0 saturated heterocycles. The highest BCUT2D eigenvalue weighted by atomic mass is 79.9. The lowest BCUT2D eigenvalue weighted by Crippen LogP contribution is -2.39. The number of nitrogens with two attached hydrogens (primary N) is 1. The molecule has 6 heteroatoms. The molecule has 0 aromatic heterocycles. The Balaban J connectivity index is 3.26. The van der Waals surface area contributed by atoms with Crippen molar-refractivity contribution in [3.8, 4) is 0 Å². The molecule has 18 heavy (non-hydrogen) atoms. The molecule has 0 amide bonds. The molecule has 0 aliphatic rings. The average Bonchev–Trinajstić information content (AvgIpc) is 2.36. The highest BCUT2D eigenvalue weighted by molar-refractivity contribution is 9.11. The zero-order valence-corrected chi connectivity index (χ0v) is 12.8. The third kappa shape index (κ3) is 2.70. The fraction of sp³-hybridized carbons (Fsp3) is 0.500. The second-order valence-electron chi connectivity index (χ2n) is 4.12. The van der Waals surface area contributed by atoms with E-state index in [1.54, 1.807) is 38.1 Å². The fourth-order valence-electron chi connectivity index (χ4n) is 1.80. The molecule has 4 nitrogen and oxygen atoms in total. The van der Waals surface area contributed by atoms with E-state index >= 15 is 0 Å². The number of benzene rings is 1. The Labute approximate surface area is 116 Å². The van der Waals surface area contributed by atoms with Crippen LogP contribution in [0.25, 0.3) is 0 Å². The van der Waals surface area contributed by atoms with Crippen LogP contribution in [0.3, 0.4) is 0 Å². The van der Waals surface area contributed by atoms with Crippen molar-refractivity contribution in [2.24, 2.45) is 0 Å². The molecule has 1 aromatic carbocycles. The van der Waals surface area contributed by atoms with Gasteiger partial charge in [-0.15, -0.1) is 0 Å². The summed E-state index contributed by atoms with van der Waals surface area (Å²) in [4.78, 5) is 0. The van der Waals surface area contributed by atoms with Crippen molar-refractivity contribution in [1.82, 2.24) is 0 Å². The minimum absolute atomic E-state index is 0.0362. The topological polar surface area (TPSA) is 80.4 Å². The first-order valence-corrected chi connectivity index (χ1v) is 8.17. The van der Waals surface area contributed by atoms with Crippen LogP contribution < -0.4 is 5.73 Å². The summed E-state index contributed by atoms with van der Waals surface area (Å²) < 4.78 is 22.9. The summed E-state index contributed by atoms with van der Waals surface area (Å²) in [6.45, 7) is 3.28. The predicted octanol–water partition coefficient (Wildman–Crippen LogP) is 2.24. The van der Waals surface area contributed by atoms with E-state index in [-0.39, 0.29) is 12.2 Å². The molecule has 0 heterocycles. The normalized spacial score (nSPS) is 17.1. The standard InChI is InChI=1S/C12H18BrNO3S/c1-3-12(13,18(16,17)4-2)11(15)9-6-5-7-10(14)8-9/h5-8,11,15H,3-4,14H2,1-2H3/t11-,12+/m1/s1. The molecule has 1 rings (SSSR count). The highest BCUT2D eigenvalue weighted by Gasteiger charge is 2.45. The van der Waals surface area contributed by atoms with Crippen LogP contribution in [0.15, 0.2) is 24.3 Å². The molecule has 2 atom stereocenters. The molecule has 1 aromatic rings. The Morgan fingerprint density at radius 1 is 1.44 bits per heavy atom. The Hall–Kier alpha value is -0.590. The SMILES string of the molecule is CC[C@@](Br)([C@H](O)c1cccc(N)c1)S(=O)(=O)CC. The van der Waals surface area contributed by atoms with Gasteiger partial charge in [0.2, 0.25) is 0 Å². The minimum atomic E-state index is -3.44. The molecule has 102 valence electrons. The largest absolute Gasteiger partial charge is 0.399 e. The number of aliphatic hydroxyl groups is 1. The van der Waals surface area contributed by atoms with Crippen molar-refractivity contribution in [2.75, 3.05) is 11.5 Å². The Morgan fingerprint density at radius 2 is 2.06 bits per heavy atom. The van der Waals surface area contributed by atoms with E-state index in [1.807, 2.05) is 0 Å². The number of aliphatic hydroxyl groups excluding tert-OH is 1. The van der Waals surface area contributed by atoms with E-state index in [2.05, 4.69) is 15.9 Å². The van der Waals surface area contributed by atoms with Crippen molar-refractivity contribution in [2.45, 2.75) is 30.0 Å². The molecule has 0 unspecified atom stereocenters. The van der Waals surface area contributed by atoms with Crippen LogP contribution in [0.1, 0.15) is 31.9 Å². The van der Waals surface area contributed by atoms with Crippen molar-refractivity contribution >= 4 is 31.5 Å². The fourth-order valence-corrected chi connectivity index (χ4v) is 4.15. The number of nitrogen functional groups attached to an aromatic ring is 1. The lowest BCUT2D eigenvalue weighted by atomic mass is 10.0. The second kappa shape index (κ2) is 5.59. The molecular weight excluding hydrogens is 318 g/mol. The van der Waals surface area contributed by atoms with Crippen LogP contribution in [0.5, 0.6) is 0 Å². The van der Waals surface area contributed by atoms with Crippen LogP contribution in [-0.4, -0.2) is 22.9 Å². The quantitative estimate of drug-likeness (QED) is 0.638. The van der Waals surface area contributed by atoms with Crippen LogP contribution in [0.2, 0.25) is 0 Å². The summed E-state index contributed by atoms with van der Waals surface area (Å²) in [5.74, 6) is -0.0362. The molecular formula is C12H18BrNO3S. The molecule has 0 aliphatic heterocycles. The third-order valence-electron chi connectivity index (χ3n) is 3.01. The van der Waals surface area contributed by atoms with Crippen molar-refractivity contribution < 1.29 is 13.5 Å². The van der Waals surface area contributed by atoms with Crippen LogP contribution >= 0.6 is 15.9 Å². The summed E-state index contributed by atoms with van der Waals surface area (Å²) in [6, 6.07) is 6.63. The van der Waals surface area contributed by atoms with E-state index in [0.717, 1.165) is 0 Å². The number of hydrogen-bond donors (Lipinski definition) is 2. The second-order valence-corrected chi connectivity index (χ2v) is 8.59. The number of rotatable bonds is 5. The molecule has 0 fully saturated rings. The van der Waals surface area contributed by atoms with Crippen molar-refractivity contribution in [1.29, 1.82) is 0 Å². The van der Waals surface area contributed by atoms with Crippen LogP contribution in [0, 0.1) is 0 Å². The van der Waals surface area contributed by atoms with E-state index in [1.165, 1.54) is 0 Å². The Kier molecular flexibility index (Phi) is 4.80. The van der Waals surface area contributed by atoms with Crippen LogP contribution in [-0.2, 0) is 9.84 Å². The Morgan fingerprint density at radius 3 is 2.50 bits per heavy atom. The van der Waals surface area contributed by atoms with Crippen LogP contribution in [0.4, 0.5) is 5.69 Å². The number of alkyl halides is 1. The van der Waals surface area contributed by atoms with Gasteiger partial charge in [0, 0.05) is 11.4 Å². The lowest BCUT2D eigenvalue weighted by Gasteiger charge is -2.31. The summed E-state index contributed by atoms with van der Waals surface area (Å²) >= 11 is 3.21.